The van der Waals surface area contributed by atoms with E-state index in [1.165, 1.54) is 5.56 Å². The van der Waals surface area contributed by atoms with Crippen molar-refractivity contribution in [3.63, 3.8) is 0 Å². The van der Waals surface area contributed by atoms with E-state index in [1.54, 1.807) is 0 Å². The zero-order valence-corrected chi connectivity index (χ0v) is 9.12. The van der Waals surface area contributed by atoms with Crippen LogP contribution < -0.4 is 5.73 Å². The molecule has 0 heterocycles. The molecule has 0 unspecified atom stereocenters. The first-order chi connectivity index (χ1) is 6.63. The van der Waals surface area contributed by atoms with Crippen molar-refractivity contribution < 1.29 is 0 Å². The Bertz CT molecular complexity index is 310. The largest absolute Gasteiger partial charge is 0.383 e. The van der Waals surface area contributed by atoms with Gasteiger partial charge in [-0.15, -0.1) is 0 Å². The van der Waals surface area contributed by atoms with Gasteiger partial charge in [-0.3, -0.25) is 4.99 Å². The molecule has 0 saturated carbocycles. The summed E-state index contributed by atoms with van der Waals surface area (Å²) in [7, 11) is 0. The Labute approximate surface area is 85.9 Å². The number of hydrogen-bond acceptors (Lipinski definition) is 1. The van der Waals surface area contributed by atoms with Gasteiger partial charge in [0.25, 0.3) is 0 Å². The molecule has 0 aliphatic rings. The van der Waals surface area contributed by atoms with E-state index in [-0.39, 0.29) is 6.04 Å². The molecular formula is C12H18N2. The number of nitrogens with zero attached hydrogens (tertiary/aromatic N) is 1. The lowest BCUT2D eigenvalue weighted by Gasteiger charge is -2.04. The van der Waals surface area contributed by atoms with Crippen LogP contribution in [0.25, 0.3) is 0 Å². The first-order valence-electron chi connectivity index (χ1n) is 5.06. The average Bonchev–Trinajstić information content (AvgIpc) is 2.17. The highest BCUT2D eigenvalue weighted by Gasteiger charge is 1.98. The third kappa shape index (κ3) is 2.87. The number of amidine groups is 1. The molecule has 0 radical (unpaired) electrons. The van der Waals surface area contributed by atoms with E-state index in [1.807, 2.05) is 26.0 Å². The molecule has 1 aromatic rings. The van der Waals surface area contributed by atoms with Crippen LogP contribution >= 0.6 is 0 Å². The predicted molar refractivity (Wildman–Crippen MR) is 61.7 cm³/mol. The van der Waals surface area contributed by atoms with Crippen molar-refractivity contribution >= 4 is 5.84 Å². The fraction of sp³-hybridized carbons (Fsp3) is 0.417. The molecule has 0 aliphatic carbocycles. The summed E-state index contributed by atoms with van der Waals surface area (Å²) in [5.41, 5.74) is 8.17. The molecule has 2 N–H and O–H groups in total. The summed E-state index contributed by atoms with van der Waals surface area (Å²) < 4.78 is 0. The van der Waals surface area contributed by atoms with Gasteiger partial charge in [0.15, 0.2) is 0 Å². The molecule has 0 saturated heterocycles. The van der Waals surface area contributed by atoms with Gasteiger partial charge in [-0.1, -0.05) is 31.2 Å². The molecule has 0 aliphatic heterocycles. The Hall–Kier alpha value is -1.31. The van der Waals surface area contributed by atoms with E-state index in [0.29, 0.717) is 5.84 Å². The lowest BCUT2D eigenvalue weighted by molar-refractivity contribution is 0.834. The quantitative estimate of drug-likeness (QED) is 0.576. The highest BCUT2D eigenvalue weighted by atomic mass is 14.9. The third-order valence-corrected chi connectivity index (χ3v) is 2.06. The number of rotatable bonds is 3. The standard InChI is InChI=1S/C12H18N2/c1-4-10-5-7-11(8-6-10)12(13)14-9(2)3/h5-9H,4H2,1-3H3,(H2,13,14). The first kappa shape index (κ1) is 10.8. The Kier molecular flexibility index (Phi) is 3.69. The van der Waals surface area contributed by atoms with Gasteiger partial charge in [-0.2, -0.15) is 0 Å². The fourth-order valence-corrected chi connectivity index (χ4v) is 1.26. The second-order valence-electron chi connectivity index (χ2n) is 3.66. The van der Waals surface area contributed by atoms with Crippen molar-refractivity contribution in [2.24, 2.45) is 10.7 Å². The molecule has 2 nitrogen and oxygen atoms in total. The molecule has 14 heavy (non-hydrogen) atoms. The molecule has 0 atom stereocenters. The summed E-state index contributed by atoms with van der Waals surface area (Å²) in [6.45, 7) is 6.18. The molecule has 2 heteroatoms. The maximum Gasteiger partial charge on any atom is 0.125 e. The van der Waals surface area contributed by atoms with Crippen LogP contribution in [-0.2, 0) is 6.42 Å². The maximum absolute atomic E-state index is 5.84. The Balaban J connectivity index is 2.86. The van der Waals surface area contributed by atoms with E-state index < -0.39 is 0 Å². The van der Waals surface area contributed by atoms with Crippen molar-refractivity contribution in [2.45, 2.75) is 33.2 Å². The van der Waals surface area contributed by atoms with Gasteiger partial charge in [0.2, 0.25) is 0 Å². The molecule has 0 bridgehead atoms. The monoisotopic (exact) mass is 190 g/mol. The van der Waals surface area contributed by atoms with Crippen molar-refractivity contribution in [3.05, 3.63) is 35.4 Å². The van der Waals surface area contributed by atoms with Gasteiger partial charge in [0.1, 0.15) is 5.84 Å². The van der Waals surface area contributed by atoms with Crippen LogP contribution in [0.4, 0.5) is 0 Å². The smallest absolute Gasteiger partial charge is 0.125 e. The summed E-state index contributed by atoms with van der Waals surface area (Å²) in [4.78, 5) is 4.30. The van der Waals surface area contributed by atoms with Crippen molar-refractivity contribution in [1.82, 2.24) is 0 Å². The van der Waals surface area contributed by atoms with Gasteiger partial charge in [0.05, 0.1) is 0 Å². The second-order valence-corrected chi connectivity index (χ2v) is 3.66. The van der Waals surface area contributed by atoms with E-state index in [4.69, 9.17) is 5.73 Å². The topological polar surface area (TPSA) is 38.4 Å². The Morgan fingerprint density at radius 3 is 2.29 bits per heavy atom. The minimum absolute atomic E-state index is 0.251. The SMILES string of the molecule is CCc1ccc(C(N)=NC(C)C)cc1. The van der Waals surface area contributed by atoms with Crippen LogP contribution in [0.2, 0.25) is 0 Å². The Morgan fingerprint density at radius 2 is 1.86 bits per heavy atom. The summed E-state index contributed by atoms with van der Waals surface area (Å²) in [6, 6.07) is 8.50. The van der Waals surface area contributed by atoms with Crippen molar-refractivity contribution in [2.75, 3.05) is 0 Å². The third-order valence-electron chi connectivity index (χ3n) is 2.06. The van der Waals surface area contributed by atoms with Crippen LogP contribution in [0.15, 0.2) is 29.3 Å². The van der Waals surface area contributed by atoms with Crippen LogP contribution in [0.1, 0.15) is 31.9 Å². The summed E-state index contributed by atoms with van der Waals surface area (Å²) in [6.07, 6.45) is 1.06. The zero-order valence-electron chi connectivity index (χ0n) is 9.12. The highest BCUT2D eigenvalue weighted by molar-refractivity contribution is 5.97. The van der Waals surface area contributed by atoms with Crippen LogP contribution in [0.3, 0.4) is 0 Å². The molecule has 1 aromatic carbocycles. The van der Waals surface area contributed by atoms with Gasteiger partial charge in [-0.05, 0) is 25.8 Å². The molecule has 1 rings (SSSR count). The first-order valence-corrected chi connectivity index (χ1v) is 5.06. The van der Waals surface area contributed by atoms with E-state index >= 15 is 0 Å². The number of hydrogen-bond donors (Lipinski definition) is 1. The number of nitrogens with two attached hydrogens (primary N) is 1. The minimum Gasteiger partial charge on any atom is -0.383 e. The van der Waals surface area contributed by atoms with E-state index in [9.17, 15) is 0 Å². The van der Waals surface area contributed by atoms with Gasteiger partial charge in [0, 0.05) is 11.6 Å². The van der Waals surface area contributed by atoms with Gasteiger partial charge in [-0.25, -0.2) is 0 Å². The minimum atomic E-state index is 0.251. The van der Waals surface area contributed by atoms with Crippen LogP contribution in [-0.4, -0.2) is 11.9 Å². The molecule has 0 aromatic heterocycles. The fourth-order valence-electron chi connectivity index (χ4n) is 1.26. The molecule has 0 fully saturated rings. The number of aliphatic imine (C=N–C) groups is 1. The molecule has 76 valence electrons. The lowest BCUT2D eigenvalue weighted by atomic mass is 10.1. The van der Waals surface area contributed by atoms with Gasteiger partial charge >= 0.3 is 0 Å². The zero-order chi connectivity index (χ0) is 10.6. The molecule has 0 amide bonds. The van der Waals surface area contributed by atoms with Crippen molar-refractivity contribution in [1.29, 1.82) is 0 Å². The summed E-state index contributed by atoms with van der Waals surface area (Å²) in [5, 5.41) is 0. The van der Waals surface area contributed by atoms with E-state index in [2.05, 4.69) is 24.0 Å². The van der Waals surface area contributed by atoms with E-state index in [0.717, 1.165) is 12.0 Å². The van der Waals surface area contributed by atoms with Gasteiger partial charge < -0.3 is 5.73 Å². The second kappa shape index (κ2) is 4.80. The van der Waals surface area contributed by atoms with Crippen molar-refractivity contribution in [3.8, 4) is 0 Å². The summed E-state index contributed by atoms with van der Waals surface area (Å²) in [5.74, 6) is 0.627. The lowest BCUT2D eigenvalue weighted by Crippen LogP contribution is -2.15. The predicted octanol–water partition coefficient (Wildman–Crippen LogP) is 2.36. The normalized spacial score (nSPS) is 12.1. The van der Waals surface area contributed by atoms with Crippen LogP contribution in [0, 0.1) is 0 Å². The highest BCUT2D eigenvalue weighted by Crippen LogP contribution is 2.05. The summed E-state index contributed by atoms with van der Waals surface area (Å²) >= 11 is 0. The molecular weight excluding hydrogens is 172 g/mol. The maximum atomic E-state index is 5.84. The number of aryl methyl sites for hydroxylation is 1. The van der Waals surface area contributed by atoms with Crippen LogP contribution in [0.5, 0.6) is 0 Å². The number of benzene rings is 1. The molecule has 0 spiro atoms. The average molecular weight is 190 g/mol. The Morgan fingerprint density at radius 1 is 1.29 bits per heavy atom.